The lowest BCUT2D eigenvalue weighted by atomic mass is 9.87. The molecule has 0 aromatic heterocycles. The summed E-state index contributed by atoms with van der Waals surface area (Å²) in [6.45, 7) is 11.5. The molecule has 0 saturated heterocycles. The van der Waals surface area contributed by atoms with Gasteiger partial charge in [0.25, 0.3) is 0 Å². The third-order valence-electron chi connectivity index (χ3n) is 9.18. The van der Waals surface area contributed by atoms with Gasteiger partial charge in [0.1, 0.15) is 0 Å². The molecule has 0 aliphatic carbocycles. The Morgan fingerprint density at radius 1 is 0.488 bits per heavy atom. The van der Waals surface area contributed by atoms with Gasteiger partial charge in [-0.25, -0.2) is 0 Å². The Bertz CT molecular complexity index is 667. The van der Waals surface area contributed by atoms with Crippen molar-refractivity contribution >= 4 is 11.8 Å². The molecule has 239 valence electrons. The second kappa shape index (κ2) is 27.0. The van der Waals surface area contributed by atoms with E-state index in [2.05, 4.69) is 46.8 Å². The predicted molar refractivity (Wildman–Crippen MR) is 187 cm³/mol. The van der Waals surface area contributed by atoms with Crippen molar-refractivity contribution in [1.82, 2.24) is 0 Å². The fourth-order valence-electron chi connectivity index (χ4n) is 6.19. The Morgan fingerprint density at radius 3 is 1.17 bits per heavy atom. The van der Waals surface area contributed by atoms with E-state index in [0.717, 1.165) is 24.0 Å². The predicted octanol–water partition coefficient (Wildman–Crippen LogP) is 14.9. The SMILES string of the molecule is CCCCCCCCCCC(C)c1cc(SCCCCCCCCC)cc(C(C)CCCCCCCCCC)c1[O]. The van der Waals surface area contributed by atoms with Crippen LogP contribution in [0.5, 0.6) is 5.75 Å². The third kappa shape index (κ3) is 19.3. The van der Waals surface area contributed by atoms with Gasteiger partial charge in [0.2, 0.25) is 0 Å². The summed E-state index contributed by atoms with van der Waals surface area (Å²) in [5.41, 5.74) is 2.21. The van der Waals surface area contributed by atoms with Crippen LogP contribution in [0.4, 0.5) is 0 Å². The molecule has 1 rings (SSSR count). The number of rotatable bonds is 29. The highest BCUT2D eigenvalue weighted by atomic mass is 32.2. The lowest BCUT2D eigenvalue weighted by Crippen LogP contribution is -2.01. The molecule has 41 heavy (non-hydrogen) atoms. The van der Waals surface area contributed by atoms with Crippen LogP contribution in [0.25, 0.3) is 0 Å². The number of benzene rings is 1. The lowest BCUT2D eigenvalue weighted by Gasteiger charge is -2.20. The van der Waals surface area contributed by atoms with E-state index in [0.29, 0.717) is 17.6 Å². The van der Waals surface area contributed by atoms with Gasteiger partial charge in [-0.05, 0) is 49.0 Å². The normalized spacial score (nSPS) is 13.1. The molecule has 2 unspecified atom stereocenters. The van der Waals surface area contributed by atoms with Crippen LogP contribution in [0, 0.1) is 0 Å². The van der Waals surface area contributed by atoms with Crippen molar-refractivity contribution in [2.45, 2.75) is 212 Å². The van der Waals surface area contributed by atoms with Crippen LogP contribution in [0.2, 0.25) is 0 Å². The van der Waals surface area contributed by atoms with Gasteiger partial charge in [0.05, 0.1) is 0 Å². The van der Waals surface area contributed by atoms with Gasteiger partial charge in [-0.3, -0.25) is 5.11 Å². The summed E-state index contributed by atoms with van der Waals surface area (Å²) < 4.78 is 0. The third-order valence-corrected chi connectivity index (χ3v) is 10.2. The van der Waals surface area contributed by atoms with Crippen molar-refractivity contribution in [3.8, 4) is 5.75 Å². The fourth-order valence-corrected chi connectivity index (χ4v) is 7.20. The van der Waals surface area contributed by atoms with Crippen molar-refractivity contribution < 1.29 is 5.11 Å². The van der Waals surface area contributed by atoms with E-state index in [1.54, 1.807) is 0 Å². The van der Waals surface area contributed by atoms with E-state index in [-0.39, 0.29) is 0 Å². The summed E-state index contributed by atoms with van der Waals surface area (Å²) in [5, 5.41) is 13.8. The first-order chi connectivity index (χ1) is 20.0. The quantitative estimate of drug-likeness (QED) is 0.0674. The van der Waals surface area contributed by atoms with E-state index < -0.39 is 0 Å². The first kappa shape index (κ1) is 38.4. The van der Waals surface area contributed by atoms with Crippen LogP contribution in [0.15, 0.2) is 17.0 Å². The second-order valence-electron chi connectivity index (χ2n) is 13.2. The molecule has 0 fully saturated rings. The summed E-state index contributed by atoms with van der Waals surface area (Å²) in [5.74, 6) is 2.29. The Kier molecular flexibility index (Phi) is 25.2. The van der Waals surface area contributed by atoms with Gasteiger partial charge >= 0.3 is 0 Å². The number of unbranched alkanes of at least 4 members (excludes halogenated alkanes) is 20. The molecule has 0 aliphatic rings. The summed E-state index contributed by atoms with van der Waals surface area (Å²) in [7, 11) is 0. The average Bonchev–Trinajstić information content (AvgIpc) is 2.97. The Hall–Kier alpha value is -0.630. The smallest absolute Gasteiger partial charge is 0.185 e. The fraction of sp³-hybridized carbons (Fsp3) is 0.846. The van der Waals surface area contributed by atoms with Crippen LogP contribution in [-0.4, -0.2) is 5.75 Å². The van der Waals surface area contributed by atoms with Crippen molar-refractivity contribution in [3.05, 3.63) is 23.3 Å². The van der Waals surface area contributed by atoms with Gasteiger partial charge in [0.15, 0.2) is 5.75 Å². The average molecular weight is 588 g/mol. The minimum atomic E-state index is 0.365. The van der Waals surface area contributed by atoms with Crippen molar-refractivity contribution in [3.63, 3.8) is 0 Å². The van der Waals surface area contributed by atoms with Crippen LogP contribution in [0.1, 0.15) is 218 Å². The molecular formula is C39H71OS. The number of thioether (sulfide) groups is 1. The van der Waals surface area contributed by atoms with Gasteiger partial charge in [0, 0.05) is 16.0 Å². The molecule has 0 aliphatic heterocycles. The van der Waals surface area contributed by atoms with Gasteiger partial charge in [-0.1, -0.05) is 176 Å². The molecule has 2 atom stereocenters. The maximum absolute atomic E-state index is 13.8. The summed E-state index contributed by atoms with van der Waals surface area (Å²) in [4.78, 5) is 1.35. The molecule has 0 amide bonds. The van der Waals surface area contributed by atoms with Crippen LogP contribution < -0.4 is 0 Å². The summed E-state index contributed by atoms with van der Waals surface area (Å²) in [6.07, 6.45) is 33.5. The zero-order valence-electron chi connectivity index (χ0n) is 28.5. The first-order valence-electron chi connectivity index (χ1n) is 18.5. The van der Waals surface area contributed by atoms with Crippen LogP contribution in [0.3, 0.4) is 0 Å². The van der Waals surface area contributed by atoms with E-state index in [9.17, 15) is 5.11 Å². The zero-order valence-corrected chi connectivity index (χ0v) is 29.3. The highest BCUT2D eigenvalue weighted by Crippen LogP contribution is 2.41. The standard InChI is InChI=1S/C39H71OS/c1-6-9-12-15-18-20-23-26-29-34(4)37-32-36(41-31-28-25-22-17-14-11-8-3)33-38(39(37)40)35(5)30-27-24-21-19-16-13-10-7-2/h32-35H,6-31H2,1-5H3. The highest BCUT2D eigenvalue weighted by molar-refractivity contribution is 7.99. The lowest BCUT2D eigenvalue weighted by molar-refractivity contribution is 0.336. The van der Waals surface area contributed by atoms with Crippen LogP contribution in [-0.2, 0) is 5.11 Å². The molecule has 1 aromatic carbocycles. The van der Waals surface area contributed by atoms with E-state index >= 15 is 0 Å². The number of hydrogen-bond acceptors (Lipinski definition) is 1. The molecule has 1 aromatic rings. The molecule has 0 spiro atoms. The largest absolute Gasteiger partial charge is 0.289 e. The monoisotopic (exact) mass is 588 g/mol. The number of hydrogen-bond donors (Lipinski definition) is 0. The Morgan fingerprint density at radius 2 is 0.805 bits per heavy atom. The summed E-state index contributed by atoms with van der Waals surface area (Å²) >= 11 is 2.00. The minimum absolute atomic E-state index is 0.365. The van der Waals surface area contributed by atoms with E-state index in [4.69, 9.17) is 0 Å². The molecule has 0 heterocycles. The van der Waals surface area contributed by atoms with Crippen molar-refractivity contribution in [2.24, 2.45) is 0 Å². The summed E-state index contributed by atoms with van der Waals surface area (Å²) in [6, 6.07) is 4.58. The Balaban J connectivity index is 2.68. The Labute approximate surface area is 262 Å². The van der Waals surface area contributed by atoms with E-state index in [1.807, 2.05) is 11.8 Å². The molecule has 2 heteroatoms. The van der Waals surface area contributed by atoms with Gasteiger partial charge < -0.3 is 0 Å². The highest BCUT2D eigenvalue weighted by Gasteiger charge is 2.21. The molecular weight excluding hydrogens is 516 g/mol. The molecule has 1 nitrogen and oxygen atoms in total. The first-order valence-corrected chi connectivity index (χ1v) is 19.5. The van der Waals surface area contributed by atoms with Crippen molar-refractivity contribution in [1.29, 1.82) is 0 Å². The van der Waals surface area contributed by atoms with Gasteiger partial charge in [-0.2, -0.15) is 0 Å². The second-order valence-corrected chi connectivity index (χ2v) is 14.4. The molecule has 1 radical (unpaired) electrons. The maximum atomic E-state index is 13.8. The maximum Gasteiger partial charge on any atom is 0.185 e. The van der Waals surface area contributed by atoms with E-state index in [1.165, 1.54) is 158 Å². The topological polar surface area (TPSA) is 19.9 Å². The molecule has 0 saturated carbocycles. The molecule has 0 N–H and O–H groups in total. The minimum Gasteiger partial charge on any atom is -0.289 e. The van der Waals surface area contributed by atoms with Gasteiger partial charge in [-0.15, -0.1) is 11.8 Å². The molecule has 0 bridgehead atoms. The van der Waals surface area contributed by atoms with Crippen molar-refractivity contribution in [2.75, 3.05) is 5.75 Å². The van der Waals surface area contributed by atoms with Crippen LogP contribution >= 0.6 is 11.8 Å². The zero-order chi connectivity index (χ0) is 30.0.